The second-order valence-electron chi connectivity index (χ2n) is 5.14. The Morgan fingerprint density at radius 1 is 1.24 bits per heavy atom. The van der Waals surface area contributed by atoms with E-state index in [2.05, 4.69) is 22.5 Å². The quantitative estimate of drug-likeness (QED) is 0.654. The molecule has 1 aliphatic heterocycles. The first-order valence-corrected chi connectivity index (χ1v) is 7.59. The van der Waals surface area contributed by atoms with Crippen molar-refractivity contribution in [2.45, 2.75) is 26.3 Å². The fourth-order valence-electron chi connectivity index (χ4n) is 2.43. The Morgan fingerprint density at radius 2 is 1.90 bits per heavy atom. The van der Waals surface area contributed by atoms with Crippen LogP contribution in [-0.4, -0.2) is 43.4 Å². The van der Waals surface area contributed by atoms with Gasteiger partial charge in [-0.3, -0.25) is 4.79 Å². The summed E-state index contributed by atoms with van der Waals surface area (Å²) in [6.07, 6.45) is 2.48. The van der Waals surface area contributed by atoms with Crippen molar-refractivity contribution in [1.82, 2.24) is 15.5 Å². The monoisotopic (exact) mass is 288 g/mol. The maximum absolute atomic E-state index is 11.5. The predicted octanol–water partition coefficient (Wildman–Crippen LogP) is 1.61. The topological polar surface area (TPSA) is 56.7 Å². The van der Waals surface area contributed by atoms with Crippen molar-refractivity contribution in [2.24, 2.45) is 4.99 Å². The third-order valence-electron chi connectivity index (χ3n) is 3.60. The van der Waals surface area contributed by atoms with Crippen LogP contribution in [0.4, 0.5) is 0 Å². The van der Waals surface area contributed by atoms with Crippen molar-refractivity contribution in [3.8, 4) is 0 Å². The van der Waals surface area contributed by atoms with Crippen LogP contribution in [0.1, 0.15) is 35.7 Å². The largest absolute Gasteiger partial charge is 0.357 e. The van der Waals surface area contributed by atoms with Crippen LogP contribution in [-0.2, 0) is 6.54 Å². The number of likely N-dealkylation sites (tertiary alicyclic amines) is 1. The van der Waals surface area contributed by atoms with Gasteiger partial charge in [-0.05, 0) is 37.5 Å². The summed E-state index contributed by atoms with van der Waals surface area (Å²) >= 11 is 0. The van der Waals surface area contributed by atoms with Crippen LogP contribution in [0, 0.1) is 0 Å². The van der Waals surface area contributed by atoms with Crippen molar-refractivity contribution in [2.75, 3.05) is 26.7 Å². The van der Waals surface area contributed by atoms with E-state index in [1.807, 2.05) is 24.3 Å². The Bertz CT molecular complexity index is 490. The van der Waals surface area contributed by atoms with E-state index < -0.39 is 0 Å². The van der Waals surface area contributed by atoms with Crippen LogP contribution in [0.25, 0.3) is 0 Å². The second-order valence-corrected chi connectivity index (χ2v) is 5.14. The minimum atomic E-state index is -0.0598. The Labute approximate surface area is 126 Å². The van der Waals surface area contributed by atoms with Gasteiger partial charge in [0.25, 0.3) is 5.91 Å². The van der Waals surface area contributed by atoms with Crippen LogP contribution in [0.5, 0.6) is 0 Å². The van der Waals surface area contributed by atoms with E-state index in [4.69, 9.17) is 4.99 Å². The van der Waals surface area contributed by atoms with E-state index in [1.165, 1.54) is 12.8 Å². The first kappa shape index (κ1) is 15.4. The molecule has 0 unspecified atom stereocenters. The fraction of sp³-hybridized carbons (Fsp3) is 0.500. The van der Waals surface area contributed by atoms with Gasteiger partial charge in [-0.2, -0.15) is 0 Å². The molecule has 5 nitrogen and oxygen atoms in total. The number of aliphatic imine (C=N–C) groups is 1. The molecule has 0 aromatic heterocycles. The Balaban J connectivity index is 2.01. The van der Waals surface area contributed by atoms with Crippen molar-refractivity contribution in [3.63, 3.8) is 0 Å². The Morgan fingerprint density at radius 3 is 2.48 bits per heavy atom. The molecule has 1 aromatic carbocycles. The molecule has 0 atom stereocenters. The van der Waals surface area contributed by atoms with Crippen molar-refractivity contribution >= 4 is 11.9 Å². The minimum absolute atomic E-state index is 0.0598. The smallest absolute Gasteiger partial charge is 0.251 e. The van der Waals surface area contributed by atoms with Crippen molar-refractivity contribution < 1.29 is 4.79 Å². The van der Waals surface area contributed by atoms with Gasteiger partial charge < -0.3 is 15.5 Å². The van der Waals surface area contributed by atoms with Crippen LogP contribution in [0.3, 0.4) is 0 Å². The zero-order valence-electron chi connectivity index (χ0n) is 12.9. The first-order chi connectivity index (χ1) is 10.2. The molecule has 1 fully saturated rings. The van der Waals surface area contributed by atoms with E-state index in [0.717, 1.165) is 31.2 Å². The van der Waals surface area contributed by atoms with Crippen LogP contribution >= 0.6 is 0 Å². The third-order valence-corrected chi connectivity index (χ3v) is 3.60. The van der Waals surface area contributed by atoms with Crippen molar-refractivity contribution in [1.29, 1.82) is 0 Å². The zero-order valence-corrected chi connectivity index (χ0v) is 12.9. The normalized spacial score (nSPS) is 15.1. The van der Waals surface area contributed by atoms with E-state index in [-0.39, 0.29) is 5.91 Å². The number of hydrogen-bond acceptors (Lipinski definition) is 2. The molecule has 2 N–H and O–H groups in total. The molecule has 0 radical (unpaired) electrons. The highest BCUT2D eigenvalue weighted by Crippen LogP contribution is 2.09. The molecule has 1 saturated heterocycles. The molecule has 1 aromatic rings. The lowest BCUT2D eigenvalue weighted by atomic mass is 10.1. The number of carbonyl (C=O) groups excluding carboxylic acids is 1. The highest BCUT2D eigenvalue weighted by molar-refractivity contribution is 5.93. The SMILES string of the molecule is CCNC(=NCc1ccc(C(=O)NC)cc1)N1CCCC1. The maximum Gasteiger partial charge on any atom is 0.251 e. The molecule has 5 heteroatoms. The summed E-state index contributed by atoms with van der Waals surface area (Å²) in [6.45, 7) is 5.77. The molecular formula is C16H24N4O. The molecule has 1 aliphatic rings. The summed E-state index contributed by atoms with van der Waals surface area (Å²) in [4.78, 5) is 18.5. The standard InChI is InChI=1S/C16H24N4O/c1-3-18-16(20-10-4-5-11-20)19-12-13-6-8-14(9-7-13)15(21)17-2/h6-9H,3-5,10-12H2,1-2H3,(H,17,21)(H,18,19). The van der Waals surface area contributed by atoms with Gasteiger partial charge in [0, 0.05) is 32.2 Å². The molecule has 114 valence electrons. The van der Waals surface area contributed by atoms with E-state index in [0.29, 0.717) is 12.1 Å². The number of carbonyl (C=O) groups is 1. The highest BCUT2D eigenvalue weighted by Gasteiger charge is 2.15. The number of hydrogen-bond donors (Lipinski definition) is 2. The number of rotatable bonds is 4. The van der Waals surface area contributed by atoms with Gasteiger partial charge >= 0.3 is 0 Å². The lowest BCUT2D eigenvalue weighted by molar-refractivity contribution is 0.0963. The van der Waals surface area contributed by atoms with Gasteiger partial charge in [-0.25, -0.2) is 4.99 Å². The van der Waals surface area contributed by atoms with Gasteiger partial charge in [0.2, 0.25) is 0 Å². The molecule has 0 aliphatic carbocycles. The van der Waals surface area contributed by atoms with Gasteiger partial charge in [-0.15, -0.1) is 0 Å². The molecule has 0 bridgehead atoms. The third kappa shape index (κ3) is 4.21. The predicted molar refractivity (Wildman–Crippen MR) is 85.5 cm³/mol. The number of nitrogens with zero attached hydrogens (tertiary/aromatic N) is 2. The molecule has 0 saturated carbocycles. The summed E-state index contributed by atoms with van der Waals surface area (Å²) in [5, 5.41) is 5.97. The average molecular weight is 288 g/mol. The molecule has 2 rings (SSSR count). The number of benzene rings is 1. The molecule has 1 heterocycles. The zero-order chi connectivity index (χ0) is 15.1. The average Bonchev–Trinajstić information content (AvgIpc) is 3.05. The highest BCUT2D eigenvalue weighted by atomic mass is 16.1. The lowest BCUT2D eigenvalue weighted by Crippen LogP contribution is -2.39. The second kappa shape index (κ2) is 7.67. The summed E-state index contributed by atoms with van der Waals surface area (Å²) in [6, 6.07) is 7.60. The molecular weight excluding hydrogens is 264 g/mol. The summed E-state index contributed by atoms with van der Waals surface area (Å²) in [5.74, 6) is 0.931. The van der Waals surface area contributed by atoms with Gasteiger partial charge in [-0.1, -0.05) is 12.1 Å². The lowest BCUT2D eigenvalue weighted by Gasteiger charge is -2.20. The number of nitrogens with one attached hydrogen (secondary N) is 2. The molecule has 1 amide bonds. The Kier molecular flexibility index (Phi) is 5.60. The van der Waals surface area contributed by atoms with Gasteiger partial charge in [0.15, 0.2) is 5.96 Å². The molecule has 21 heavy (non-hydrogen) atoms. The fourth-order valence-corrected chi connectivity index (χ4v) is 2.43. The van der Waals surface area contributed by atoms with Gasteiger partial charge in [0.05, 0.1) is 6.54 Å². The summed E-state index contributed by atoms with van der Waals surface area (Å²) in [5.41, 5.74) is 1.79. The first-order valence-electron chi connectivity index (χ1n) is 7.59. The van der Waals surface area contributed by atoms with E-state index in [1.54, 1.807) is 7.05 Å². The minimum Gasteiger partial charge on any atom is -0.357 e. The van der Waals surface area contributed by atoms with Gasteiger partial charge in [0.1, 0.15) is 0 Å². The van der Waals surface area contributed by atoms with E-state index in [9.17, 15) is 4.79 Å². The number of guanidine groups is 1. The van der Waals surface area contributed by atoms with E-state index >= 15 is 0 Å². The summed E-state index contributed by atoms with van der Waals surface area (Å²) < 4.78 is 0. The Hall–Kier alpha value is -2.04. The summed E-state index contributed by atoms with van der Waals surface area (Å²) in [7, 11) is 1.64. The van der Waals surface area contributed by atoms with Crippen LogP contribution in [0.15, 0.2) is 29.3 Å². The van der Waals surface area contributed by atoms with Crippen LogP contribution in [0.2, 0.25) is 0 Å². The van der Waals surface area contributed by atoms with Crippen LogP contribution < -0.4 is 10.6 Å². The maximum atomic E-state index is 11.5. The van der Waals surface area contributed by atoms with Crippen molar-refractivity contribution in [3.05, 3.63) is 35.4 Å². The number of amides is 1. The molecule has 0 spiro atoms.